The molecular weight excluding hydrogens is 196 g/mol. The first kappa shape index (κ1) is 11.1. The third-order valence-electron chi connectivity index (χ3n) is 1.69. The third-order valence-corrected chi connectivity index (χ3v) is 2.30. The predicted molar refractivity (Wildman–Crippen MR) is 63.2 cm³/mol. The van der Waals surface area contributed by atoms with Gasteiger partial charge in [0.15, 0.2) is 0 Å². The fourth-order valence-corrected chi connectivity index (χ4v) is 1.25. The molecule has 0 atom stereocenters. The highest BCUT2D eigenvalue weighted by Gasteiger charge is 1.99. The molecule has 0 saturated heterocycles. The average molecular weight is 212 g/mol. The van der Waals surface area contributed by atoms with Gasteiger partial charge in [0.2, 0.25) is 5.95 Å². The van der Waals surface area contributed by atoms with E-state index in [1.54, 1.807) is 18.0 Å². The molecule has 78 valence electrons. The number of aromatic nitrogens is 2. The number of thioether (sulfide) groups is 1. The minimum absolute atomic E-state index is 0.699. The summed E-state index contributed by atoms with van der Waals surface area (Å²) in [6.45, 7) is 0.901. The second-order valence-corrected chi connectivity index (χ2v) is 4.04. The van der Waals surface area contributed by atoms with Crippen molar-refractivity contribution in [3.8, 4) is 0 Å². The molecule has 1 aromatic rings. The maximum Gasteiger partial charge on any atom is 0.224 e. The number of hydrogen-bond donors (Lipinski definition) is 1. The average Bonchev–Trinajstić information content (AvgIpc) is 2.19. The molecule has 0 amide bonds. The van der Waals surface area contributed by atoms with Gasteiger partial charge in [0, 0.05) is 32.6 Å². The van der Waals surface area contributed by atoms with Crippen LogP contribution in [-0.2, 0) is 0 Å². The van der Waals surface area contributed by atoms with Gasteiger partial charge in [0.05, 0.1) is 0 Å². The van der Waals surface area contributed by atoms with Crippen molar-refractivity contribution in [3.63, 3.8) is 0 Å². The van der Waals surface area contributed by atoms with E-state index in [4.69, 9.17) is 0 Å². The summed E-state index contributed by atoms with van der Waals surface area (Å²) in [5, 5.41) is 3.17. The Morgan fingerprint density at radius 1 is 1.50 bits per heavy atom. The number of hydrogen-bond acceptors (Lipinski definition) is 5. The van der Waals surface area contributed by atoms with Crippen molar-refractivity contribution in [1.82, 2.24) is 9.97 Å². The standard InChI is InChI=1S/C9H16N4S/c1-13(2)8-4-5-10-9(12-8)11-6-7-14-3/h4-5H,6-7H2,1-3H3,(H,10,11,12). The fraction of sp³-hybridized carbons (Fsp3) is 0.556. The summed E-state index contributed by atoms with van der Waals surface area (Å²) in [4.78, 5) is 10.4. The topological polar surface area (TPSA) is 41.1 Å². The quantitative estimate of drug-likeness (QED) is 0.745. The number of rotatable bonds is 5. The molecule has 0 unspecified atom stereocenters. The van der Waals surface area contributed by atoms with Crippen LogP contribution in [0.3, 0.4) is 0 Å². The van der Waals surface area contributed by atoms with E-state index in [2.05, 4.69) is 21.5 Å². The second kappa shape index (κ2) is 5.70. The zero-order valence-corrected chi connectivity index (χ0v) is 9.64. The van der Waals surface area contributed by atoms with Gasteiger partial charge >= 0.3 is 0 Å². The lowest BCUT2D eigenvalue weighted by atomic mass is 10.5. The van der Waals surface area contributed by atoms with Crippen LogP contribution >= 0.6 is 11.8 Å². The Bertz CT molecular complexity index is 277. The van der Waals surface area contributed by atoms with Crippen molar-refractivity contribution >= 4 is 23.5 Å². The Morgan fingerprint density at radius 3 is 2.93 bits per heavy atom. The van der Waals surface area contributed by atoms with Crippen molar-refractivity contribution < 1.29 is 0 Å². The zero-order valence-electron chi connectivity index (χ0n) is 8.82. The van der Waals surface area contributed by atoms with Gasteiger partial charge in [-0.05, 0) is 12.3 Å². The highest BCUT2D eigenvalue weighted by Crippen LogP contribution is 2.08. The van der Waals surface area contributed by atoms with Crippen LogP contribution in [0.4, 0.5) is 11.8 Å². The minimum Gasteiger partial charge on any atom is -0.363 e. The Morgan fingerprint density at radius 2 is 2.29 bits per heavy atom. The normalized spacial score (nSPS) is 9.93. The molecule has 14 heavy (non-hydrogen) atoms. The van der Waals surface area contributed by atoms with Gasteiger partial charge in [0.1, 0.15) is 5.82 Å². The summed E-state index contributed by atoms with van der Waals surface area (Å²) < 4.78 is 0. The molecule has 0 bridgehead atoms. The summed E-state index contributed by atoms with van der Waals surface area (Å²) in [6, 6.07) is 1.89. The van der Waals surface area contributed by atoms with E-state index in [9.17, 15) is 0 Å². The van der Waals surface area contributed by atoms with Crippen LogP contribution in [0, 0.1) is 0 Å². The van der Waals surface area contributed by atoms with Gasteiger partial charge in [-0.25, -0.2) is 4.98 Å². The van der Waals surface area contributed by atoms with Crippen LogP contribution in [0.2, 0.25) is 0 Å². The van der Waals surface area contributed by atoms with Crippen molar-refractivity contribution in [2.45, 2.75) is 0 Å². The van der Waals surface area contributed by atoms with Crippen LogP contribution in [0.1, 0.15) is 0 Å². The van der Waals surface area contributed by atoms with E-state index in [1.165, 1.54) is 0 Å². The number of nitrogens with one attached hydrogen (secondary N) is 1. The van der Waals surface area contributed by atoms with Crippen LogP contribution < -0.4 is 10.2 Å². The van der Waals surface area contributed by atoms with E-state index in [0.717, 1.165) is 18.1 Å². The van der Waals surface area contributed by atoms with Gasteiger partial charge in [-0.2, -0.15) is 16.7 Å². The monoisotopic (exact) mass is 212 g/mol. The summed E-state index contributed by atoms with van der Waals surface area (Å²) in [5.74, 6) is 2.69. The van der Waals surface area contributed by atoms with Crippen LogP contribution in [-0.4, -0.2) is 42.6 Å². The SMILES string of the molecule is CSCCNc1nccc(N(C)C)n1. The first-order chi connectivity index (χ1) is 6.74. The Labute approximate surface area is 89.1 Å². The fourth-order valence-electron chi connectivity index (χ4n) is 0.948. The lowest BCUT2D eigenvalue weighted by Gasteiger charge is -2.11. The van der Waals surface area contributed by atoms with E-state index in [1.807, 2.05) is 25.1 Å². The number of nitrogens with zero attached hydrogens (tertiary/aromatic N) is 3. The molecule has 0 aliphatic rings. The smallest absolute Gasteiger partial charge is 0.224 e. The van der Waals surface area contributed by atoms with Crippen LogP contribution in [0.25, 0.3) is 0 Å². The Balaban J connectivity index is 2.55. The molecule has 0 aromatic carbocycles. The molecule has 0 radical (unpaired) electrons. The summed E-state index contributed by atoms with van der Waals surface area (Å²) in [6.07, 6.45) is 3.85. The van der Waals surface area contributed by atoms with E-state index < -0.39 is 0 Å². The first-order valence-corrected chi connectivity index (χ1v) is 5.86. The van der Waals surface area contributed by atoms with Crippen molar-refractivity contribution in [1.29, 1.82) is 0 Å². The molecule has 1 rings (SSSR count). The van der Waals surface area contributed by atoms with Gasteiger partial charge in [0.25, 0.3) is 0 Å². The van der Waals surface area contributed by atoms with Crippen molar-refractivity contribution in [2.24, 2.45) is 0 Å². The second-order valence-electron chi connectivity index (χ2n) is 3.05. The summed E-state index contributed by atoms with van der Waals surface area (Å²) >= 11 is 1.80. The van der Waals surface area contributed by atoms with Gasteiger partial charge < -0.3 is 10.2 Å². The molecule has 0 aliphatic carbocycles. The van der Waals surface area contributed by atoms with Gasteiger partial charge in [-0.1, -0.05) is 0 Å². The van der Waals surface area contributed by atoms with E-state index >= 15 is 0 Å². The minimum atomic E-state index is 0.699. The highest BCUT2D eigenvalue weighted by molar-refractivity contribution is 7.98. The maximum atomic E-state index is 4.34. The first-order valence-electron chi connectivity index (χ1n) is 4.47. The molecule has 1 heterocycles. The molecule has 0 fully saturated rings. The molecule has 1 N–H and O–H groups in total. The molecule has 4 nitrogen and oxygen atoms in total. The van der Waals surface area contributed by atoms with Crippen LogP contribution in [0.5, 0.6) is 0 Å². The molecular formula is C9H16N4S. The molecule has 1 aromatic heterocycles. The molecule has 0 aliphatic heterocycles. The number of anilines is 2. The van der Waals surface area contributed by atoms with Crippen molar-refractivity contribution in [2.75, 3.05) is 42.9 Å². The van der Waals surface area contributed by atoms with Gasteiger partial charge in [-0.3, -0.25) is 0 Å². The van der Waals surface area contributed by atoms with E-state index in [0.29, 0.717) is 5.95 Å². The van der Waals surface area contributed by atoms with Crippen molar-refractivity contribution in [3.05, 3.63) is 12.3 Å². The van der Waals surface area contributed by atoms with Crippen LogP contribution in [0.15, 0.2) is 12.3 Å². The zero-order chi connectivity index (χ0) is 10.4. The highest BCUT2D eigenvalue weighted by atomic mass is 32.2. The Hall–Kier alpha value is -0.970. The lowest BCUT2D eigenvalue weighted by Crippen LogP contribution is -2.13. The third kappa shape index (κ3) is 3.41. The lowest BCUT2D eigenvalue weighted by molar-refractivity contribution is 1.02. The summed E-state index contributed by atoms with van der Waals surface area (Å²) in [7, 11) is 3.93. The predicted octanol–water partition coefficient (Wildman–Crippen LogP) is 1.32. The van der Waals surface area contributed by atoms with E-state index in [-0.39, 0.29) is 0 Å². The Kier molecular flexibility index (Phi) is 4.52. The maximum absolute atomic E-state index is 4.34. The molecule has 0 spiro atoms. The van der Waals surface area contributed by atoms with Gasteiger partial charge in [-0.15, -0.1) is 0 Å². The largest absolute Gasteiger partial charge is 0.363 e. The molecule has 5 heteroatoms. The summed E-state index contributed by atoms with van der Waals surface area (Å²) in [5.41, 5.74) is 0. The molecule has 0 saturated carbocycles.